The predicted octanol–water partition coefficient (Wildman–Crippen LogP) is 2.75. The molecule has 84 valence electrons. The van der Waals surface area contributed by atoms with Crippen molar-refractivity contribution in [2.75, 3.05) is 0 Å². The van der Waals surface area contributed by atoms with Crippen LogP contribution in [0.1, 0.15) is 32.3 Å². The minimum atomic E-state index is -0.348. The molecule has 0 bridgehead atoms. The molecule has 0 aliphatic carbocycles. The van der Waals surface area contributed by atoms with Crippen LogP contribution in [0.5, 0.6) is 0 Å². The first-order valence-electron chi connectivity index (χ1n) is 5.61. The van der Waals surface area contributed by atoms with Crippen molar-refractivity contribution >= 4 is 0 Å². The topological polar surface area (TPSA) is 29.5 Å². The summed E-state index contributed by atoms with van der Waals surface area (Å²) in [6.45, 7) is 4.59. The molecule has 0 aliphatic heterocycles. The molecular weight excluding hydrogens is 188 g/mol. The number of ether oxygens (including phenoxy) is 1. The van der Waals surface area contributed by atoms with Crippen molar-refractivity contribution in [3.63, 3.8) is 0 Å². The van der Waals surface area contributed by atoms with Gasteiger partial charge in [0.15, 0.2) is 0 Å². The van der Waals surface area contributed by atoms with Crippen LogP contribution in [0.25, 0.3) is 0 Å². The molecule has 0 radical (unpaired) electrons. The molecule has 0 spiro atoms. The molecule has 15 heavy (non-hydrogen) atoms. The van der Waals surface area contributed by atoms with E-state index in [2.05, 4.69) is 0 Å². The van der Waals surface area contributed by atoms with Crippen LogP contribution in [0.3, 0.4) is 0 Å². The number of hydrogen-bond donors (Lipinski definition) is 1. The fraction of sp³-hybridized carbons (Fsp3) is 0.538. The third-order valence-electron chi connectivity index (χ3n) is 2.56. The number of hydrogen-bond acceptors (Lipinski definition) is 2. The minimum Gasteiger partial charge on any atom is -0.390 e. The second-order valence-electron chi connectivity index (χ2n) is 3.72. The van der Waals surface area contributed by atoms with Crippen LogP contribution in [-0.4, -0.2) is 17.3 Å². The van der Waals surface area contributed by atoms with Gasteiger partial charge in [0.2, 0.25) is 0 Å². The van der Waals surface area contributed by atoms with Gasteiger partial charge in [0.1, 0.15) is 0 Å². The first kappa shape index (κ1) is 12.2. The summed E-state index contributed by atoms with van der Waals surface area (Å²) < 4.78 is 5.68. The van der Waals surface area contributed by atoms with E-state index in [0.717, 1.165) is 18.4 Å². The molecular formula is C13H20O2. The van der Waals surface area contributed by atoms with Crippen molar-refractivity contribution in [3.05, 3.63) is 35.9 Å². The van der Waals surface area contributed by atoms with Crippen molar-refractivity contribution < 1.29 is 9.84 Å². The Morgan fingerprint density at radius 3 is 2.33 bits per heavy atom. The van der Waals surface area contributed by atoms with Crippen molar-refractivity contribution in [3.8, 4) is 0 Å². The predicted molar refractivity (Wildman–Crippen MR) is 61.6 cm³/mol. The van der Waals surface area contributed by atoms with Crippen LogP contribution in [0.15, 0.2) is 30.3 Å². The highest BCUT2D eigenvalue weighted by atomic mass is 16.5. The maximum Gasteiger partial charge on any atom is 0.0835 e. The van der Waals surface area contributed by atoms with E-state index in [9.17, 15) is 5.11 Å². The molecule has 0 saturated carbocycles. The first-order valence-corrected chi connectivity index (χ1v) is 5.61. The Kier molecular flexibility index (Phi) is 5.37. The molecule has 1 aromatic rings. The second-order valence-corrected chi connectivity index (χ2v) is 3.72. The summed E-state index contributed by atoms with van der Waals surface area (Å²) in [7, 11) is 0. The molecule has 1 aromatic carbocycles. The summed E-state index contributed by atoms with van der Waals surface area (Å²) in [6, 6.07) is 10.0. The van der Waals surface area contributed by atoms with E-state index in [1.165, 1.54) is 0 Å². The van der Waals surface area contributed by atoms with Crippen LogP contribution in [-0.2, 0) is 11.3 Å². The number of aliphatic hydroxyl groups is 1. The summed E-state index contributed by atoms with van der Waals surface area (Å²) >= 11 is 0. The van der Waals surface area contributed by atoms with Gasteiger partial charge in [-0.05, 0) is 18.4 Å². The van der Waals surface area contributed by atoms with Crippen LogP contribution < -0.4 is 0 Å². The van der Waals surface area contributed by atoms with Crippen molar-refractivity contribution in [1.29, 1.82) is 0 Å². The maximum atomic E-state index is 9.67. The van der Waals surface area contributed by atoms with Gasteiger partial charge in [0, 0.05) is 0 Å². The average Bonchev–Trinajstić information content (AvgIpc) is 2.31. The van der Waals surface area contributed by atoms with Gasteiger partial charge < -0.3 is 9.84 Å². The molecule has 2 atom stereocenters. The molecule has 2 nitrogen and oxygen atoms in total. The lowest BCUT2D eigenvalue weighted by molar-refractivity contribution is -0.0482. The molecule has 0 heterocycles. The van der Waals surface area contributed by atoms with E-state index < -0.39 is 0 Å². The number of rotatable bonds is 6. The Balaban J connectivity index is 2.41. The van der Waals surface area contributed by atoms with Gasteiger partial charge >= 0.3 is 0 Å². The lowest BCUT2D eigenvalue weighted by Crippen LogP contribution is -2.27. The van der Waals surface area contributed by atoms with E-state index >= 15 is 0 Å². The lowest BCUT2D eigenvalue weighted by Gasteiger charge is -2.20. The van der Waals surface area contributed by atoms with E-state index in [4.69, 9.17) is 4.74 Å². The summed E-state index contributed by atoms with van der Waals surface area (Å²) in [5.41, 5.74) is 1.15. The highest BCUT2D eigenvalue weighted by molar-refractivity contribution is 5.13. The number of aliphatic hydroxyl groups excluding tert-OH is 1. The molecule has 1 N–H and O–H groups in total. The molecule has 2 heteroatoms. The van der Waals surface area contributed by atoms with Gasteiger partial charge in [-0.25, -0.2) is 0 Å². The Morgan fingerprint density at radius 2 is 1.80 bits per heavy atom. The monoisotopic (exact) mass is 208 g/mol. The lowest BCUT2D eigenvalue weighted by atomic mass is 10.1. The SMILES string of the molecule is CCC(O)C(CC)OCc1ccccc1. The van der Waals surface area contributed by atoms with E-state index in [1.807, 2.05) is 44.2 Å². The normalized spacial score (nSPS) is 14.9. The number of benzene rings is 1. The smallest absolute Gasteiger partial charge is 0.0835 e. The van der Waals surface area contributed by atoms with E-state index in [0.29, 0.717) is 6.61 Å². The third kappa shape index (κ3) is 4.02. The minimum absolute atomic E-state index is 0.0461. The van der Waals surface area contributed by atoms with Crippen LogP contribution in [0.2, 0.25) is 0 Å². The van der Waals surface area contributed by atoms with Crippen LogP contribution in [0.4, 0.5) is 0 Å². The van der Waals surface area contributed by atoms with Gasteiger partial charge in [-0.1, -0.05) is 44.2 Å². The standard InChI is InChI=1S/C13H20O2/c1-3-12(14)13(4-2)15-10-11-8-6-5-7-9-11/h5-9,12-14H,3-4,10H2,1-2H3. The van der Waals surface area contributed by atoms with Crippen LogP contribution >= 0.6 is 0 Å². The quantitative estimate of drug-likeness (QED) is 0.779. The highest BCUT2D eigenvalue weighted by Gasteiger charge is 2.15. The van der Waals surface area contributed by atoms with E-state index in [1.54, 1.807) is 0 Å². The Bertz CT molecular complexity index is 258. The molecule has 0 aromatic heterocycles. The molecule has 0 saturated heterocycles. The Labute approximate surface area is 91.9 Å². The average molecular weight is 208 g/mol. The zero-order valence-corrected chi connectivity index (χ0v) is 9.52. The molecule has 0 aliphatic rings. The third-order valence-corrected chi connectivity index (χ3v) is 2.56. The van der Waals surface area contributed by atoms with Gasteiger partial charge in [-0.15, -0.1) is 0 Å². The molecule has 0 fully saturated rings. The summed E-state index contributed by atoms with van der Waals surface area (Å²) in [6.07, 6.45) is 1.20. The molecule has 1 rings (SSSR count). The maximum absolute atomic E-state index is 9.67. The summed E-state index contributed by atoms with van der Waals surface area (Å²) in [5, 5.41) is 9.67. The highest BCUT2D eigenvalue weighted by Crippen LogP contribution is 2.11. The fourth-order valence-electron chi connectivity index (χ4n) is 1.54. The van der Waals surface area contributed by atoms with Crippen molar-refractivity contribution in [1.82, 2.24) is 0 Å². The zero-order chi connectivity index (χ0) is 11.1. The summed E-state index contributed by atoms with van der Waals surface area (Å²) in [4.78, 5) is 0. The van der Waals surface area contributed by atoms with Gasteiger partial charge in [0.05, 0.1) is 18.8 Å². The molecule has 2 unspecified atom stereocenters. The Hall–Kier alpha value is -0.860. The zero-order valence-electron chi connectivity index (χ0n) is 9.52. The largest absolute Gasteiger partial charge is 0.390 e. The summed E-state index contributed by atoms with van der Waals surface area (Å²) in [5.74, 6) is 0. The van der Waals surface area contributed by atoms with Crippen LogP contribution in [0, 0.1) is 0 Å². The van der Waals surface area contributed by atoms with Gasteiger partial charge in [0.25, 0.3) is 0 Å². The Morgan fingerprint density at radius 1 is 1.13 bits per heavy atom. The second kappa shape index (κ2) is 6.59. The van der Waals surface area contributed by atoms with Crippen molar-refractivity contribution in [2.24, 2.45) is 0 Å². The van der Waals surface area contributed by atoms with Crippen molar-refractivity contribution in [2.45, 2.75) is 45.5 Å². The first-order chi connectivity index (χ1) is 7.27. The van der Waals surface area contributed by atoms with E-state index in [-0.39, 0.29) is 12.2 Å². The fourth-order valence-corrected chi connectivity index (χ4v) is 1.54. The van der Waals surface area contributed by atoms with Gasteiger partial charge in [-0.3, -0.25) is 0 Å². The van der Waals surface area contributed by atoms with Gasteiger partial charge in [-0.2, -0.15) is 0 Å². The molecule has 0 amide bonds.